The van der Waals surface area contributed by atoms with Crippen LogP contribution in [0.3, 0.4) is 0 Å². The van der Waals surface area contributed by atoms with Gasteiger partial charge in [-0.15, -0.1) is 0 Å². The van der Waals surface area contributed by atoms with Crippen LogP contribution in [0.1, 0.15) is 24.1 Å². The van der Waals surface area contributed by atoms with Crippen LogP contribution in [-0.2, 0) is 6.18 Å². The number of hydrogen-bond donors (Lipinski definition) is 2. The SMILES string of the molecule is C[C@@H](N)c1cc(N)cc(C(F)(F)F)c1. The average Bonchev–Trinajstić information content (AvgIpc) is 2.01. The Morgan fingerprint density at radius 3 is 2.21 bits per heavy atom. The Hall–Kier alpha value is -1.23. The molecular weight excluding hydrogens is 193 g/mol. The molecule has 1 rings (SSSR count). The topological polar surface area (TPSA) is 52.0 Å². The Bertz CT molecular complexity index is 331. The van der Waals surface area contributed by atoms with Gasteiger partial charge in [-0.1, -0.05) is 0 Å². The maximum Gasteiger partial charge on any atom is 0.416 e. The van der Waals surface area contributed by atoms with E-state index in [2.05, 4.69) is 0 Å². The molecule has 0 aliphatic carbocycles. The molecule has 0 aromatic heterocycles. The summed E-state index contributed by atoms with van der Waals surface area (Å²) >= 11 is 0. The van der Waals surface area contributed by atoms with E-state index in [0.717, 1.165) is 12.1 Å². The second kappa shape index (κ2) is 3.49. The van der Waals surface area contributed by atoms with Gasteiger partial charge in [0.1, 0.15) is 0 Å². The predicted octanol–water partition coefficient (Wildman–Crippen LogP) is 2.31. The minimum absolute atomic E-state index is 0.0760. The smallest absolute Gasteiger partial charge is 0.399 e. The molecule has 1 atom stereocenters. The van der Waals surface area contributed by atoms with Gasteiger partial charge in [-0.2, -0.15) is 13.2 Å². The standard InChI is InChI=1S/C9H11F3N2/c1-5(13)6-2-7(9(10,11)12)4-8(14)3-6/h2-5H,13-14H2,1H3/t5-/m1/s1. The van der Waals surface area contributed by atoms with E-state index in [1.807, 2.05) is 0 Å². The van der Waals surface area contributed by atoms with Gasteiger partial charge in [-0.3, -0.25) is 0 Å². The van der Waals surface area contributed by atoms with Gasteiger partial charge < -0.3 is 11.5 Å². The Kier molecular flexibility index (Phi) is 2.71. The Labute approximate surface area is 79.7 Å². The van der Waals surface area contributed by atoms with Crippen LogP contribution in [0.5, 0.6) is 0 Å². The number of halogens is 3. The fourth-order valence-corrected chi connectivity index (χ4v) is 1.10. The summed E-state index contributed by atoms with van der Waals surface area (Å²) < 4.78 is 36.9. The molecule has 0 saturated carbocycles. The van der Waals surface area contributed by atoms with Gasteiger partial charge in [0.25, 0.3) is 0 Å². The van der Waals surface area contributed by atoms with E-state index in [-0.39, 0.29) is 5.69 Å². The van der Waals surface area contributed by atoms with Crippen LogP contribution < -0.4 is 11.5 Å². The Morgan fingerprint density at radius 2 is 1.79 bits per heavy atom. The molecule has 1 aromatic carbocycles. The third kappa shape index (κ3) is 2.38. The van der Waals surface area contributed by atoms with Crippen molar-refractivity contribution in [3.63, 3.8) is 0 Å². The summed E-state index contributed by atoms with van der Waals surface area (Å²) in [5.74, 6) is 0. The summed E-state index contributed by atoms with van der Waals surface area (Å²) in [6.07, 6.45) is -4.38. The van der Waals surface area contributed by atoms with Crippen molar-refractivity contribution in [3.05, 3.63) is 29.3 Å². The van der Waals surface area contributed by atoms with Crippen molar-refractivity contribution in [3.8, 4) is 0 Å². The van der Waals surface area contributed by atoms with E-state index in [1.54, 1.807) is 6.92 Å². The molecule has 1 aromatic rings. The van der Waals surface area contributed by atoms with E-state index in [0.29, 0.717) is 5.56 Å². The Balaban J connectivity index is 3.21. The minimum Gasteiger partial charge on any atom is -0.399 e. The molecule has 14 heavy (non-hydrogen) atoms. The van der Waals surface area contributed by atoms with Crippen LogP contribution >= 0.6 is 0 Å². The quantitative estimate of drug-likeness (QED) is 0.689. The number of benzene rings is 1. The van der Waals surface area contributed by atoms with Gasteiger partial charge in [0.15, 0.2) is 0 Å². The molecule has 2 nitrogen and oxygen atoms in total. The number of anilines is 1. The summed E-state index contributed by atoms with van der Waals surface area (Å²) in [5.41, 5.74) is 10.5. The molecule has 5 heteroatoms. The lowest BCUT2D eigenvalue weighted by atomic mass is 10.0. The number of nitrogen functional groups attached to an aromatic ring is 1. The average molecular weight is 204 g/mol. The summed E-state index contributed by atoms with van der Waals surface area (Å²) in [4.78, 5) is 0. The highest BCUT2D eigenvalue weighted by Crippen LogP contribution is 2.32. The molecule has 0 amide bonds. The second-order valence-corrected chi connectivity index (χ2v) is 3.17. The van der Waals surface area contributed by atoms with Crippen molar-refractivity contribution >= 4 is 5.69 Å². The second-order valence-electron chi connectivity index (χ2n) is 3.17. The summed E-state index contributed by atoms with van der Waals surface area (Å²) in [6.45, 7) is 1.61. The number of rotatable bonds is 1. The highest BCUT2D eigenvalue weighted by atomic mass is 19.4. The summed E-state index contributed by atoms with van der Waals surface area (Å²) in [5, 5.41) is 0. The fraction of sp³-hybridized carbons (Fsp3) is 0.333. The van der Waals surface area contributed by atoms with Gasteiger partial charge in [0.2, 0.25) is 0 Å². The molecule has 0 heterocycles. The lowest BCUT2D eigenvalue weighted by Crippen LogP contribution is -2.10. The van der Waals surface area contributed by atoms with Gasteiger partial charge >= 0.3 is 6.18 Å². The van der Waals surface area contributed by atoms with Crippen molar-refractivity contribution < 1.29 is 13.2 Å². The van der Waals surface area contributed by atoms with Crippen LogP contribution in [0.15, 0.2) is 18.2 Å². The monoisotopic (exact) mass is 204 g/mol. The van der Waals surface area contributed by atoms with E-state index in [4.69, 9.17) is 11.5 Å². The zero-order chi connectivity index (χ0) is 10.9. The molecule has 0 radical (unpaired) electrons. The van der Waals surface area contributed by atoms with Crippen molar-refractivity contribution in [2.45, 2.75) is 19.1 Å². The van der Waals surface area contributed by atoms with Gasteiger partial charge in [-0.05, 0) is 30.7 Å². The molecule has 78 valence electrons. The van der Waals surface area contributed by atoms with Gasteiger partial charge in [-0.25, -0.2) is 0 Å². The first kappa shape index (κ1) is 10.8. The molecule has 4 N–H and O–H groups in total. The number of alkyl halides is 3. The molecular formula is C9H11F3N2. The molecule has 0 aliphatic heterocycles. The largest absolute Gasteiger partial charge is 0.416 e. The van der Waals surface area contributed by atoms with Crippen molar-refractivity contribution in [1.82, 2.24) is 0 Å². The maximum absolute atomic E-state index is 12.3. The van der Waals surface area contributed by atoms with E-state index in [1.165, 1.54) is 6.07 Å². The van der Waals surface area contributed by atoms with E-state index in [9.17, 15) is 13.2 Å². The number of hydrogen-bond acceptors (Lipinski definition) is 2. The first-order valence-corrected chi connectivity index (χ1v) is 4.04. The third-order valence-corrected chi connectivity index (χ3v) is 1.83. The zero-order valence-corrected chi connectivity index (χ0v) is 7.60. The third-order valence-electron chi connectivity index (χ3n) is 1.83. The summed E-state index contributed by atoms with van der Waals surface area (Å²) in [6, 6.07) is 2.90. The zero-order valence-electron chi connectivity index (χ0n) is 7.60. The van der Waals surface area contributed by atoms with E-state index >= 15 is 0 Å². The van der Waals surface area contributed by atoms with Gasteiger partial charge in [0, 0.05) is 11.7 Å². The molecule has 0 unspecified atom stereocenters. The lowest BCUT2D eigenvalue weighted by Gasteiger charge is -2.12. The normalized spacial score (nSPS) is 14.1. The van der Waals surface area contributed by atoms with Gasteiger partial charge in [0.05, 0.1) is 5.56 Å². The van der Waals surface area contributed by atoms with Crippen molar-refractivity contribution in [2.24, 2.45) is 5.73 Å². The molecule has 0 spiro atoms. The highest BCUT2D eigenvalue weighted by molar-refractivity contribution is 5.46. The van der Waals surface area contributed by atoms with Crippen LogP contribution in [0.4, 0.5) is 18.9 Å². The van der Waals surface area contributed by atoms with Crippen LogP contribution in [0, 0.1) is 0 Å². The van der Waals surface area contributed by atoms with Crippen molar-refractivity contribution in [1.29, 1.82) is 0 Å². The molecule has 0 fully saturated rings. The first-order chi connectivity index (χ1) is 6.30. The number of nitrogens with two attached hydrogens (primary N) is 2. The molecule has 0 saturated heterocycles. The van der Waals surface area contributed by atoms with Crippen LogP contribution in [0.2, 0.25) is 0 Å². The Morgan fingerprint density at radius 1 is 1.21 bits per heavy atom. The predicted molar refractivity (Wildman–Crippen MR) is 48.5 cm³/mol. The lowest BCUT2D eigenvalue weighted by molar-refractivity contribution is -0.137. The van der Waals surface area contributed by atoms with Crippen LogP contribution in [-0.4, -0.2) is 0 Å². The summed E-state index contributed by atoms with van der Waals surface area (Å²) in [7, 11) is 0. The fourth-order valence-electron chi connectivity index (χ4n) is 1.10. The van der Waals surface area contributed by atoms with Crippen LogP contribution in [0.25, 0.3) is 0 Å². The highest BCUT2D eigenvalue weighted by Gasteiger charge is 2.31. The van der Waals surface area contributed by atoms with Crippen molar-refractivity contribution in [2.75, 3.05) is 5.73 Å². The minimum atomic E-state index is -4.38. The maximum atomic E-state index is 12.3. The molecule has 0 bridgehead atoms. The van der Waals surface area contributed by atoms with E-state index < -0.39 is 17.8 Å². The first-order valence-electron chi connectivity index (χ1n) is 4.04. The molecule has 0 aliphatic rings.